The second-order valence-electron chi connectivity index (χ2n) is 6.81. The van der Waals surface area contributed by atoms with Crippen LogP contribution in [0.2, 0.25) is 5.02 Å². The maximum Gasteiger partial charge on any atom is 0.306 e. The second-order valence-corrected chi connectivity index (χ2v) is 7.22. The van der Waals surface area contributed by atoms with E-state index in [1.54, 1.807) is 18.2 Å². The number of hydrazine groups is 1. The van der Waals surface area contributed by atoms with Gasteiger partial charge in [0.15, 0.2) is 6.61 Å². The number of benzene rings is 2. The van der Waals surface area contributed by atoms with Crippen LogP contribution in [0.5, 0.6) is 0 Å². The lowest BCUT2D eigenvalue weighted by Gasteiger charge is -2.11. The summed E-state index contributed by atoms with van der Waals surface area (Å²) in [5, 5.41) is 2.99. The summed E-state index contributed by atoms with van der Waals surface area (Å²) < 4.78 is 4.94. The van der Waals surface area contributed by atoms with Gasteiger partial charge in [-0.3, -0.25) is 30.0 Å². The summed E-state index contributed by atoms with van der Waals surface area (Å²) in [6.45, 7) is 3.33. The number of nitrogens with one attached hydrogen (secondary N) is 3. The fourth-order valence-electron chi connectivity index (χ4n) is 2.70. The van der Waals surface area contributed by atoms with Crippen LogP contribution in [0.25, 0.3) is 0 Å². The highest BCUT2D eigenvalue weighted by atomic mass is 35.5. The maximum absolute atomic E-state index is 12.0. The fraction of sp³-hybridized carbons (Fsp3) is 0.273. The molecule has 0 saturated heterocycles. The van der Waals surface area contributed by atoms with Gasteiger partial charge in [-0.05, 0) is 43.5 Å². The number of esters is 1. The Morgan fingerprint density at radius 1 is 0.871 bits per heavy atom. The molecule has 0 bridgehead atoms. The average Bonchev–Trinajstić information content (AvgIpc) is 2.73. The van der Waals surface area contributed by atoms with E-state index in [9.17, 15) is 19.2 Å². The molecule has 0 radical (unpaired) electrons. The van der Waals surface area contributed by atoms with E-state index in [4.69, 9.17) is 16.3 Å². The van der Waals surface area contributed by atoms with E-state index in [0.29, 0.717) is 5.69 Å². The molecule has 2 rings (SSSR count). The van der Waals surface area contributed by atoms with Crippen LogP contribution in [-0.2, 0) is 19.1 Å². The second kappa shape index (κ2) is 11.7. The molecule has 8 nitrogen and oxygen atoms in total. The molecule has 0 saturated carbocycles. The van der Waals surface area contributed by atoms with Crippen molar-refractivity contribution >= 4 is 41.0 Å². The van der Waals surface area contributed by atoms with Crippen molar-refractivity contribution in [1.29, 1.82) is 0 Å². The first-order chi connectivity index (χ1) is 14.8. The predicted octanol–water partition coefficient (Wildman–Crippen LogP) is 3.07. The van der Waals surface area contributed by atoms with Crippen LogP contribution in [-0.4, -0.2) is 30.3 Å². The Kier molecular flexibility index (Phi) is 9.02. The molecule has 2 aromatic carbocycles. The van der Waals surface area contributed by atoms with Gasteiger partial charge in [0.05, 0.1) is 10.6 Å². The Morgan fingerprint density at radius 2 is 1.55 bits per heavy atom. The Morgan fingerprint density at radius 3 is 2.23 bits per heavy atom. The number of hydrogen-bond donors (Lipinski definition) is 3. The first-order valence-electron chi connectivity index (χ1n) is 9.63. The molecule has 31 heavy (non-hydrogen) atoms. The quantitative estimate of drug-likeness (QED) is 0.427. The van der Waals surface area contributed by atoms with E-state index >= 15 is 0 Å². The van der Waals surface area contributed by atoms with E-state index in [1.165, 1.54) is 6.07 Å². The van der Waals surface area contributed by atoms with Gasteiger partial charge in [0.1, 0.15) is 0 Å². The molecule has 0 heterocycles. The van der Waals surface area contributed by atoms with E-state index < -0.39 is 30.3 Å². The Balaban J connectivity index is 1.64. The fourth-order valence-corrected chi connectivity index (χ4v) is 2.92. The first kappa shape index (κ1) is 23.9. The van der Waals surface area contributed by atoms with Crippen molar-refractivity contribution in [1.82, 2.24) is 10.9 Å². The lowest BCUT2D eigenvalue weighted by Crippen LogP contribution is -2.41. The molecule has 2 aromatic rings. The minimum atomic E-state index is -0.593. The minimum Gasteiger partial charge on any atom is -0.456 e. The number of ether oxygens (including phenoxy) is 1. The van der Waals surface area contributed by atoms with E-state index in [2.05, 4.69) is 16.2 Å². The zero-order valence-electron chi connectivity index (χ0n) is 17.3. The molecular weight excluding hydrogens is 422 g/mol. The number of anilines is 1. The van der Waals surface area contributed by atoms with Gasteiger partial charge < -0.3 is 10.1 Å². The largest absolute Gasteiger partial charge is 0.456 e. The summed E-state index contributed by atoms with van der Waals surface area (Å²) in [6.07, 6.45) is 0.153. The lowest BCUT2D eigenvalue weighted by molar-refractivity contribution is -0.147. The summed E-state index contributed by atoms with van der Waals surface area (Å²) in [5.41, 5.74) is 7.26. The zero-order valence-corrected chi connectivity index (χ0v) is 18.0. The van der Waals surface area contributed by atoms with Crippen LogP contribution in [0.15, 0.2) is 42.5 Å². The number of carbonyl (C=O) groups is 4. The molecule has 0 aromatic heterocycles. The number of hydrogen-bond acceptors (Lipinski definition) is 5. The molecule has 9 heteroatoms. The third-order valence-electron chi connectivity index (χ3n) is 4.33. The van der Waals surface area contributed by atoms with Crippen molar-refractivity contribution in [2.24, 2.45) is 0 Å². The topological polar surface area (TPSA) is 114 Å². The highest BCUT2D eigenvalue weighted by Gasteiger charge is 2.13. The van der Waals surface area contributed by atoms with Gasteiger partial charge in [-0.25, -0.2) is 0 Å². The third kappa shape index (κ3) is 7.75. The van der Waals surface area contributed by atoms with Crippen LogP contribution < -0.4 is 16.2 Å². The zero-order chi connectivity index (χ0) is 22.8. The Hall–Kier alpha value is -3.39. The molecule has 164 valence electrons. The van der Waals surface area contributed by atoms with E-state index in [0.717, 1.165) is 11.1 Å². The normalized spacial score (nSPS) is 10.2. The smallest absolute Gasteiger partial charge is 0.306 e. The van der Waals surface area contributed by atoms with Gasteiger partial charge in [-0.2, -0.15) is 0 Å². The molecule has 0 aliphatic carbocycles. The van der Waals surface area contributed by atoms with E-state index in [-0.39, 0.29) is 29.8 Å². The molecular formula is C22H24ClN3O5. The van der Waals surface area contributed by atoms with Crippen LogP contribution in [0.4, 0.5) is 5.69 Å². The number of aryl methyl sites for hydroxylation is 2. The number of halogens is 1. The van der Waals surface area contributed by atoms with Crippen LogP contribution >= 0.6 is 11.6 Å². The van der Waals surface area contributed by atoms with Crippen molar-refractivity contribution in [3.63, 3.8) is 0 Å². The summed E-state index contributed by atoms with van der Waals surface area (Å²) in [6, 6.07) is 12.1. The Bertz CT molecular complexity index is 957. The summed E-state index contributed by atoms with van der Waals surface area (Å²) in [5.74, 6) is -2.05. The average molecular weight is 446 g/mol. The summed E-state index contributed by atoms with van der Waals surface area (Å²) in [4.78, 5) is 47.5. The summed E-state index contributed by atoms with van der Waals surface area (Å²) >= 11 is 5.91. The molecule has 3 amide bonds. The van der Waals surface area contributed by atoms with Crippen molar-refractivity contribution in [3.05, 3.63) is 64.2 Å². The lowest BCUT2D eigenvalue weighted by atomic mass is 10.1. The van der Waals surface area contributed by atoms with Crippen LogP contribution in [0.3, 0.4) is 0 Å². The molecule has 3 N–H and O–H groups in total. The SMILES string of the molecule is Cc1cccc(C)c1NC(=O)COC(=O)CCCC(=O)NNC(=O)c1ccccc1Cl. The number of amides is 3. The van der Waals surface area contributed by atoms with Gasteiger partial charge >= 0.3 is 5.97 Å². The molecule has 0 unspecified atom stereocenters. The highest BCUT2D eigenvalue weighted by molar-refractivity contribution is 6.33. The molecule has 0 fully saturated rings. The van der Waals surface area contributed by atoms with Gasteiger partial charge in [-0.1, -0.05) is 41.9 Å². The number of rotatable bonds is 8. The summed E-state index contributed by atoms with van der Waals surface area (Å²) in [7, 11) is 0. The molecule has 0 aliphatic rings. The van der Waals surface area contributed by atoms with Crippen LogP contribution in [0.1, 0.15) is 40.7 Å². The standard InChI is InChI=1S/C22H24ClN3O5/c1-14-7-5-8-15(2)21(14)24-19(28)13-31-20(29)12-6-11-18(27)25-26-22(30)16-9-3-4-10-17(16)23/h3-5,7-10H,6,11-13H2,1-2H3,(H,24,28)(H,25,27)(H,26,30). The van der Waals surface area contributed by atoms with Gasteiger partial charge in [0.2, 0.25) is 5.91 Å². The first-order valence-corrected chi connectivity index (χ1v) is 10.0. The van der Waals surface area contributed by atoms with Crippen molar-refractivity contribution in [2.75, 3.05) is 11.9 Å². The molecule has 0 spiro atoms. The number of para-hydroxylation sites is 1. The predicted molar refractivity (Wildman–Crippen MR) is 116 cm³/mol. The van der Waals surface area contributed by atoms with Gasteiger partial charge in [0, 0.05) is 18.5 Å². The minimum absolute atomic E-state index is 0.00744. The van der Waals surface area contributed by atoms with Crippen LogP contribution in [0, 0.1) is 13.8 Å². The Labute approximate surface area is 185 Å². The number of carbonyl (C=O) groups excluding carboxylic acids is 4. The monoisotopic (exact) mass is 445 g/mol. The van der Waals surface area contributed by atoms with Crippen molar-refractivity contribution < 1.29 is 23.9 Å². The molecule has 0 atom stereocenters. The molecule has 0 aliphatic heterocycles. The van der Waals surface area contributed by atoms with Crippen molar-refractivity contribution in [3.8, 4) is 0 Å². The van der Waals surface area contributed by atoms with E-state index in [1.807, 2.05) is 32.0 Å². The van der Waals surface area contributed by atoms with Gasteiger partial charge in [-0.15, -0.1) is 0 Å². The maximum atomic E-state index is 12.0. The van der Waals surface area contributed by atoms with Gasteiger partial charge in [0.25, 0.3) is 11.8 Å². The highest BCUT2D eigenvalue weighted by Crippen LogP contribution is 2.19. The van der Waals surface area contributed by atoms with Crippen molar-refractivity contribution in [2.45, 2.75) is 33.1 Å². The third-order valence-corrected chi connectivity index (χ3v) is 4.66.